The van der Waals surface area contributed by atoms with Crippen LogP contribution in [0.25, 0.3) is 22.4 Å². The number of phenolic OH excluding ortho intramolecular Hbond substituents is 1. The van der Waals surface area contributed by atoms with Gasteiger partial charge in [0.2, 0.25) is 0 Å². The molecule has 0 saturated heterocycles. The first-order valence-corrected chi connectivity index (χ1v) is 9.25. The van der Waals surface area contributed by atoms with Gasteiger partial charge in [-0.2, -0.15) is 0 Å². The van der Waals surface area contributed by atoms with Crippen molar-refractivity contribution in [2.45, 2.75) is 19.9 Å². The molecule has 0 saturated carbocycles. The maximum absolute atomic E-state index is 10.4. The van der Waals surface area contributed by atoms with E-state index in [2.05, 4.69) is 10.3 Å². The molecule has 0 radical (unpaired) electrons. The normalized spacial score (nSPS) is 10.9. The second-order valence-electron chi connectivity index (χ2n) is 6.41. The molecule has 0 amide bonds. The van der Waals surface area contributed by atoms with Crippen molar-refractivity contribution in [1.82, 2.24) is 4.98 Å². The lowest BCUT2D eigenvalue weighted by molar-refractivity contribution is 0.408. The van der Waals surface area contributed by atoms with Gasteiger partial charge in [-0.05, 0) is 55.8 Å². The molecule has 2 aromatic carbocycles. The zero-order valence-corrected chi connectivity index (χ0v) is 16.8. The van der Waals surface area contributed by atoms with Gasteiger partial charge < -0.3 is 15.2 Å². The van der Waals surface area contributed by atoms with Crippen LogP contribution < -0.4 is 10.1 Å². The van der Waals surface area contributed by atoms with E-state index >= 15 is 0 Å². The molecule has 0 atom stereocenters. The zero-order chi connectivity index (χ0) is 19.6. The molecule has 0 fully saturated rings. The monoisotopic (exact) mass is 402 g/mol. The number of methoxy groups -OCH3 is 1. The number of rotatable bonds is 5. The van der Waals surface area contributed by atoms with Crippen molar-refractivity contribution in [1.29, 1.82) is 0 Å². The van der Waals surface area contributed by atoms with Crippen LogP contribution in [-0.2, 0) is 0 Å². The molecule has 0 spiro atoms. The lowest BCUT2D eigenvalue weighted by atomic mass is 10.0. The fraction of sp³-hybridized carbons (Fsp3) is 0.190. The first-order valence-electron chi connectivity index (χ1n) is 8.49. The van der Waals surface area contributed by atoms with E-state index in [0.29, 0.717) is 32.9 Å². The first kappa shape index (κ1) is 19.3. The molecular weight excluding hydrogens is 383 g/mol. The van der Waals surface area contributed by atoms with Gasteiger partial charge in [-0.15, -0.1) is 0 Å². The number of pyridine rings is 1. The van der Waals surface area contributed by atoms with Gasteiger partial charge in [0.1, 0.15) is 17.3 Å². The van der Waals surface area contributed by atoms with E-state index in [4.69, 9.17) is 27.9 Å². The number of anilines is 1. The summed E-state index contributed by atoms with van der Waals surface area (Å²) in [6, 6.07) is 14.5. The highest BCUT2D eigenvalue weighted by atomic mass is 35.5. The van der Waals surface area contributed by atoms with Gasteiger partial charge in [-0.25, -0.2) is 4.98 Å². The van der Waals surface area contributed by atoms with Crippen LogP contribution in [0.1, 0.15) is 13.8 Å². The third-order valence-corrected chi connectivity index (χ3v) is 4.62. The third-order valence-electron chi connectivity index (χ3n) is 3.99. The molecule has 6 heteroatoms. The van der Waals surface area contributed by atoms with E-state index in [1.54, 1.807) is 43.5 Å². The lowest BCUT2D eigenvalue weighted by Crippen LogP contribution is -2.11. The van der Waals surface area contributed by atoms with Crippen LogP contribution in [0.3, 0.4) is 0 Å². The Kier molecular flexibility index (Phi) is 5.78. The minimum Gasteiger partial charge on any atom is -0.507 e. The van der Waals surface area contributed by atoms with Gasteiger partial charge in [-0.3, -0.25) is 0 Å². The van der Waals surface area contributed by atoms with Crippen LogP contribution >= 0.6 is 23.2 Å². The number of halogens is 2. The fourth-order valence-electron chi connectivity index (χ4n) is 2.81. The number of phenols is 1. The van der Waals surface area contributed by atoms with E-state index in [0.717, 1.165) is 11.1 Å². The van der Waals surface area contributed by atoms with Gasteiger partial charge in [0.05, 0.1) is 12.8 Å². The fourth-order valence-corrected chi connectivity index (χ4v) is 3.43. The molecular formula is C21H20Cl2N2O2. The molecule has 1 heterocycles. The summed E-state index contributed by atoms with van der Waals surface area (Å²) in [6.45, 7) is 4.06. The Hall–Kier alpha value is -2.43. The number of nitrogens with one attached hydrogen (secondary N) is 1. The van der Waals surface area contributed by atoms with Crippen molar-refractivity contribution < 1.29 is 9.84 Å². The average Bonchev–Trinajstić information content (AvgIpc) is 2.60. The number of benzene rings is 2. The van der Waals surface area contributed by atoms with Crippen LogP contribution in [0.15, 0.2) is 48.5 Å². The van der Waals surface area contributed by atoms with Crippen molar-refractivity contribution in [3.8, 4) is 33.9 Å². The summed E-state index contributed by atoms with van der Waals surface area (Å²) in [6.07, 6.45) is 0. The SMILES string of the molecule is COc1ccc(-c2cc(-c3c(Cl)cccc3Cl)cc(NC(C)C)n2)c(O)c1. The average molecular weight is 403 g/mol. The molecule has 0 aliphatic heterocycles. The van der Waals surface area contributed by atoms with Crippen molar-refractivity contribution in [2.75, 3.05) is 12.4 Å². The Labute approximate surface area is 168 Å². The van der Waals surface area contributed by atoms with Gasteiger partial charge in [0.15, 0.2) is 0 Å². The summed E-state index contributed by atoms with van der Waals surface area (Å²) in [4.78, 5) is 4.65. The van der Waals surface area contributed by atoms with Crippen LogP contribution in [0.2, 0.25) is 10.0 Å². The molecule has 0 bridgehead atoms. The standard InChI is InChI=1S/C21H20Cl2N2O2/c1-12(2)24-20-10-13(21-16(22)5-4-6-17(21)23)9-18(25-20)15-8-7-14(27-3)11-19(15)26/h4-12,26H,1-3H3,(H,24,25). The molecule has 3 aromatic rings. The zero-order valence-electron chi connectivity index (χ0n) is 15.3. The van der Waals surface area contributed by atoms with E-state index in [-0.39, 0.29) is 11.8 Å². The van der Waals surface area contributed by atoms with Crippen LogP contribution in [0.4, 0.5) is 5.82 Å². The highest BCUT2D eigenvalue weighted by Crippen LogP contribution is 2.39. The molecule has 4 nitrogen and oxygen atoms in total. The highest BCUT2D eigenvalue weighted by molar-refractivity contribution is 6.39. The Balaban J connectivity index is 2.20. The van der Waals surface area contributed by atoms with Gasteiger partial charge in [-0.1, -0.05) is 29.3 Å². The van der Waals surface area contributed by atoms with E-state index < -0.39 is 0 Å². The molecule has 0 aliphatic carbocycles. The molecule has 0 unspecified atom stereocenters. The van der Waals surface area contributed by atoms with Crippen molar-refractivity contribution >= 4 is 29.0 Å². The molecule has 27 heavy (non-hydrogen) atoms. The second kappa shape index (κ2) is 8.07. The number of hydrogen-bond donors (Lipinski definition) is 2. The van der Waals surface area contributed by atoms with Gasteiger partial charge in [0, 0.05) is 33.3 Å². The molecule has 3 rings (SSSR count). The smallest absolute Gasteiger partial charge is 0.128 e. The maximum atomic E-state index is 10.4. The molecule has 1 aromatic heterocycles. The number of aromatic nitrogens is 1. The molecule has 140 valence electrons. The second-order valence-corrected chi connectivity index (χ2v) is 7.22. The number of nitrogens with zero attached hydrogens (tertiary/aromatic N) is 1. The van der Waals surface area contributed by atoms with Crippen LogP contribution in [-0.4, -0.2) is 23.2 Å². The van der Waals surface area contributed by atoms with Crippen LogP contribution in [0, 0.1) is 0 Å². The van der Waals surface area contributed by atoms with Crippen LogP contribution in [0.5, 0.6) is 11.5 Å². The predicted molar refractivity (Wildman–Crippen MR) is 112 cm³/mol. The van der Waals surface area contributed by atoms with Crippen molar-refractivity contribution in [3.05, 3.63) is 58.6 Å². The molecule has 2 N–H and O–H groups in total. The Morgan fingerprint density at radius 1 is 1.04 bits per heavy atom. The van der Waals surface area contributed by atoms with E-state index in [1.807, 2.05) is 26.0 Å². The Morgan fingerprint density at radius 3 is 2.33 bits per heavy atom. The van der Waals surface area contributed by atoms with Crippen molar-refractivity contribution in [3.63, 3.8) is 0 Å². The Bertz CT molecular complexity index is 954. The number of aromatic hydroxyl groups is 1. The summed E-state index contributed by atoms with van der Waals surface area (Å²) in [7, 11) is 1.55. The minimum atomic E-state index is 0.0831. The largest absolute Gasteiger partial charge is 0.507 e. The summed E-state index contributed by atoms with van der Waals surface area (Å²) >= 11 is 12.8. The summed E-state index contributed by atoms with van der Waals surface area (Å²) in [5.41, 5.74) is 2.73. The number of ether oxygens (including phenoxy) is 1. The summed E-state index contributed by atoms with van der Waals surface area (Å²) < 4.78 is 5.16. The lowest BCUT2D eigenvalue weighted by Gasteiger charge is -2.15. The summed E-state index contributed by atoms with van der Waals surface area (Å²) in [5, 5.41) is 14.8. The van der Waals surface area contributed by atoms with E-state index in [9.17, 15) is 5.11 Å². The van der Waals surface area contributed by atoms with E-state index in [1.165, 1.54) is 0 Å². The van der Waals surface area contributed by atoms with Gasteiger partial charge >= 0.3 is 0 Å². The highest BCUT2D eigenvalue weighted by Gasteiger charge is 2.15. The topological polar surface area (TPSA) is 54.4 Å². The summed E-state index contributed by atoms with van der Waals surface area (Å²) in [5.74, 6) is 1.32. The molecule has 0 aliphatic rings. The van der Waals surface area contributed by atoms with Gasteiger partial charge in [0.25, 0.3) is 0 Å². The van der Waals surface area contributed by atoms with Crippen molar-refractivity contribution in [2.24, 2.45) is 0 Å². The quantitative estimate of drug-likeness (QED) is 0.528. The Morgan fingerprint density at radius 2 is 1.74 bits per heavy atom. The third kappa shape index (κ3) is 4.29. The first-order chi connectivity index (χ1) is 12.9. The maximum Gasteiger partial charge on any atom is 0.128 e. The number of hydrogen-bond acceptors (Lipinski definition) is 4. The predicted octanol–water partition coefficient (Wildman–Crippen LogP) is 6.26. The minimum absolute atomic E-state index is 0.0831.